The van der Waals surface area contributed by atoms with Crippen molar-refractivity contribution in [3.8, 4) is 17.3 Å². The number of hydrogen-bond acceptors (Lipinski definition) is 8. The van der Waals surface area contributed by atoms with E-state index in [1.54, 1.807) is 13.3 Å². The average molecular weight is 511 g/mol. The van der Waals surface area contributed by atoms with Gasteiger partial charge in [-0.15, -0.1) is 0 Å². The minimum Gasteiger partial charge on any atom is -0.383 e. The minimum absolute atomic E-state index is 0.346. The lowest BCUT2D eigenvalue weighted by Gasteiger charge is -2.30. The van der Waals surface area contributed by atoms with Gasteiger partial charge in [0.1, 0.15) is 5.82 Å². The first-order chi connectivity index (χ1) is 17.5. The van der Waals surface area contributed by atoms with Gasteiger partial charge >= 0.3 is 0 Å². The second-order valence-corrected chi connectivity index (χ2v) is 10.2. The molecule has 1 aliphatic carbocycles. The molecule has 0 bridgehead atoms. The third kappa shape index (κ3) is 7.01. The molecule has 1 aliphatic heterocycles. The fourth-order valence-electron chi connectivity index (χ4n) is 4.81. The Labute approximate surface area is 218 Å². The summed E-state index contributed by atoms with van der Waals surface area (Å²) >= 11 is 6.52. The summed E-state index contributed by atoms with van der Waals surface area (Å²) in [6.07, 6.45) is 7.08. The first kappa shape index (κ1) is 26.5. The number of ether oxygens (including phenoxy) is 2. The van der Waals surface area contributed by atoms with Crippen LogP contribution < -0.4 is 10.6 Å². The van der Waals surface area contributed by atoms with Crippen LogP contribution >= 0.6 is 11.6 Å². The van der Waals surface area contributed by atoms with Gasteiger partial charge in [-0.25, -0.2) is 15.0 Å². The molecule has 8 nitrogen and oxygen atoms in total. The van der Waals surface area contributed by atoms with Crippen LogP contribution in [0.1, 0.15) is 45.4 Å². The van der Waals surface area contributed by atoms with Gasteiger partial charge in [0.05, 0.1) is 28.8 Å². The second-order valence-electron chi connectivity index (χ2n) is 9.76. The van der Waals surface area contributed by atoms with Gasteiger partial charge in [0.15, 0.2) is 5.82 Å². The zero-order valence-electron chi connectivity index (χ0n) is 21.1. The summed E-state index contributed by atoms with van der Waals surface area (Å²) in [5, 5.41) is 17.2. The van der Waals surface area contributed by atoms with Crippen LogP contribution in [0.5, 0.6) is 0 Å². The molecule has 2 N–H and O–H groups in total. The van der Waals surface area contributed by atoms with Crippen molar-refractivity contribution in [2.24, 2.45) is 10.4 Å². The van der Waals surface area contributed by atoms with Crippen molar-refractivity contribution in [3.05, 3.63) is 35.5 Å². The fraction of sp³-hybridized carbons (Fsp3) is 0.556. The van der Waals surface area contributed by atoms with E-state index in [0.29, 0.717) is 55.1 Å². The van der Waals surface area contributed by atoms with Gasteiger partial charge in [-0.05, 0) is 63.6 Å². The predicted octanol–water partition coefficient (Wildman–Crippen LogP) is 5.17. The van der Waals surface area contributed by atoms with E-state index in [9.17, 15) is 5.26 Å². The lowest BCUT2D eigenvalue weighted by atomic mass is 9.82. The molecular formula is C27H35ClN6O2. The van der Waals surface area contributed by atoms with Crippen molar-refractivity contribution in [1.82, 2.24) is 15.3 Å². The van der Waals surface area contributed by atoms with Crippen molar-refractivity contribution in [2.45, 2.75) is 57.5 Å². The number of pyridine rings is 2. The molecule has 1 saturated heterocycles. The number of anilines is 1. The number of halogens is 1. The van der Waals surface area contributed by atoms with Gasteiger partial charge < -0.3 is 20.1 Å². The monoisotopic (exact) mass is 510 g/mol. The molecule has 1 saturated carbocycles. The molecular weight excluding hydrogens is 476 g/mol. The third-order valence-electron chi connectivity index (χ3n) is 6.93. The van der Waals surface area contributed by atoms with Crippen LogP contribution in [-0.4, -0.2) is 61.2 Å². The highest BCUT2D eigenvalue weighted by Crippen LogP contribution is 2.32. The summed E-state index contributed by atoms with van der Waals surface area (Å²) in [6.45, 7) is 4.63. The summed E-state index contributed by atoms with van der Waals surface area (Å²) in [7, 11) is 1.73. The van der Waals surface area contributed by atoms with Crippen LogP contribution in [-0.2, 0) is 9.47 Å². The maximum atomic E-state index is 9.72. The zero-order valence-corrected chi connectivity index (χ0v) is 21.9. The number of aliphatic imine (C=N–C) groups is 1. The third-order valence-corrected chi connectivity index (χ3v) is 7.23. The number of nitriles is 1. The van der Waals surface area contributed by atoms with E-state index in [-0.39, 0.29) is 0 Å². The average Bonchev–Trinajstić information content (AvgIpc) is 2.90. The normalized spacial score (nSPS) is 20.4. The van der Waals surface area contributed by atoms with Crippen LogP contribution in [0.3, 0.4) is 0 Å². The SMILES string of the molecule is COC[C@H](C)NC1CCC(=Nc2cc(-c3cccc(NCC4(C#N)CCOCC4)n3)c(Cl)cn2)CC1. The lowest BCUT2D eigenvalue weighted by Crippen LogP contribution is -2.41. The number of nitrogens with one attached hydrogen (secondary N) is 2. The summed E-state index contributed by atoms with van der Waals surface area (Å²) in [4.78, 5) is 14.0. The van der Waals surface area contributed by atoms with Crippen LogP contribution in [0.15, 0.2) is 35.5 Å². The Bertz CT molecular complexity index is 1090. The molecule has 2 aromatic rings. The molecule has 2 fully saturated rings. The molecule has 1 atom stereocenters. The van der Waals surface area contributed by atoms with Crippen molar-refractivity contribution >= 4 is 28.9 Å². The van der Waals surface area contributed by atoms with Crippen LogP contribution in [0.2, 0.25) is 5.02 Å². The van der Waals surface area contributed by atoms with Gasteiger partial charge in [-0.2, -0.15) is 5.26 Å². The fourth-order valence-corrected chi connectivity index (χ4v) is 5.01. The standard InChI is InChI=1S/C27H35ClN6O2/c1-19(16-35-2)32-20-6-8-21(9-7-20)33-26-14-22(23(28)15-30-26)24-4-3-5-25(34-24)31-18-27(17-29)10-12-36-13-11-27/h3-5,14-15,19-20,32H,6-13,16,18H2,1-2H3,(H,31,34)/t19-,20?/m0/s1. The van der Waals surface area contributed by atoms with E-state index in [1.807, 2.05) is 24.3 Å². The van der Waals surface area contributed by atoms with E-state index < -0.39 is 5.41 Å². The van der Waals surface area contributed by atoms with Crippen LogP contribution in [0.4, 0.5) is 11.6 Å². The van der Waals surface area contributed by atoms with Crippen LogP contribution in [0, 0.1) is 16.7 Å². The Morgan fingerprint density at radius 2 is 2.08 bits per heavy atom. The van der Waals surface area contributed by atoms with Crippen molar-refractivity contribution in [1.29, 1.82) is 5.26 Å². The van der Waals surface area contributed by atoms with Crippen molar-refractivity contribution in [3.63, 3.8) is 0 Å². The quantitative estimate of drug-likeness (QED) is 0.479. The molecule has 0 unspecified atom stereocenters. The maximum Gasteiger partial charge on any atom is 0.152 e. The zero-order chi connectivity index (χ0) is 25.4. The van der Waals surface area contributed by atoms with Crippen molar-refractivity contribution in [2.75, 3.05) is 38.8 Å². The van der Waals surface area contributed by atoms with Gasteiger partial charge in [-0.3, -0.25) is 0 Å². The molecule has 0 radical (unpaired) electrons. The van der Waals surface area contributed by atoms with Gasteiger partial charge in [-0.1, -0.05) is 17.7 Å². The molecule has 3 heterocycles. The molecule has 2 aromatic heterocycles. The van der Waals surface area contributed by atoms with Crippen molar-refractivity contribution < 1.29 is 9.47 Å². The first-order valence-electron chi connectivity index (χ1n) is 12.7. The molecule has 36 heavy (non-hydrogen) atoms. The topological polar surface area (TPSA) is 104 Å². The summed E-state index contributed by atoms with van der Waals surface area (Å²) < 4.78 is 10.7. The predicted molar refractivity (Wildman–Crippen MR) is 143 cm³/mol. The molecule has 9 heteroatoms. The Hall–Kier alpha value is -2.57. The number of hydrogen-bond donors (Lipinski definition) is 2. The van der Waals surface area contributed by atoms with Crippen LogP contribution in [0.25, 0.3) is 11.3 Å². The number of nitrogens with zero attached hydrogens (tertiary/aromatic N) is 4. The van der Waals surface area contributed by atoms with E-state index in [0.717, 1.165) is 55.5 Å². The molecule has 4 rings (SSSR count). The van der Waals surface area contributed by atoms with Gasteiger partial charge in [0.2, 0.25) is 0 Å². The summed E-state index contributed by atoms with van der Waals surface area (Å²) in [5.74, 6) is 1.36. The minimum atomic E-state index is -0.427. The molecule has 192 valence electrons. The summed E-state index contributed by atoms with van der Waals surface area (Å²) in [6, 6.07) is 11.0. The van der Waals surface area contributed by atoms with E-state index in [2.05, 4.69) is 28.6 Å². The second kappa shape index (κ2) is 12.6. The molecule has 0 spiro atoms. The Morgan fingerprint density at radius 1 is 1.31 bits per heavy atom. The Morgan fingerprint density at radius 3 is 2.81 bits per heavy atom. The number of methoxy groups -OCH3 is 1. The lowest BCUT2D eigenvalue weighted by molar-refractivity contribution is 0.0455. The van der Waals surface area contributed by atoms with E-state index in [1.165, 1.54) is 0 Å². The Kier molecular flexibility index (Phi) is 9.27. The maximum absolute atomic E-state index is 9.72. The number of aromatic nitrogens is 2. The van der Waals surface area contributed by atoms with Gasteiger partial charge in [0, 0.05) is 56.4 Å². The summed E-state index contributed by atoms with van der Waals surface area (Å²) in [5.41, 5.74) is 2.27. The highest BCUT2D eigenvalue weighted by atomic mass is 35.5. The highest BCUT2D eigenvalue weighted by molar-refractivity contribution is 6.33. The molecule has 0 amide bonds. The largest absolute Gasteiger partial charge is 0.383 e. The highest BCUT2D eigenvalue weighted by Gasteiger charge is 2.32. The molecule has 2 aliphatic rings. The molecule has 0 aromatic carbocycles. The smallest absolute Gasteiger partial charge is 0.152 e. The number of rotatable bonds is 9. The Balaban J connectivity index is 1.42. The first-order valence-corrected chi connectivity index (χ1v) is 13.1. The van der Waals surface area contributed by atoms with E-state index >= 15 is 0 Å². The van der Waals surface area contributed by atoms with Gasteiger partial charge in [0.25, 0.3) is 0 Å². The van der Waals surface area contributed by atoms with E-state index in [4.69, 9.17) is 31.1 Å².